The number of anilines is 4. The van der Waals surface area contributed by atoms with Crippen molar-refractivity contribution in [2.24, 2.45) is 0 Å². The third-order valence-corrected chi connectivity index (χ3v) is 3.45. The van der Waals surface area contributed by atoms with Crippen LogP contribution in [-0.4, -0.2) is 35.2 Å². The Labute approximate surface area is 139 Å². The largest absolute Gasteiger partial charge is 0.383 e. The van der Waals surface area contributed by atoms with Crippen molar-refractivity contribution in [3.63, 3.8) is 0 Å². The van der Waals surface area contributed by atoms with Gasteiger partial charge in [-0.15, -0.1) is 0 Å². The molecule has 0 unspecified atom stereocenters. The molecule has 24 heavy (non-hydrogen) atoms. The zero-order chi connectivity index (χ0) is 17.7. The molecule has 0 radical (unpaired) electrons. The lowest BCUT2D eigenvalue weighted by Crippen LogP contribution is -2.13. The van der Waals surface area contributed by atoms with E-state index < -0.39 is 4.92 Å². The Kier molecular flexibility index (Phi) is 5.48. The minimum atomic E-state index is -0.600. The second kappa shape index (κ2) is 7.55. The molecule has 0 saturated heterocycles. The zero-order valence-corrected chi connectivity index (χ0v) is 13.8. The van der Waals surface area contributed by atoms with Crippen molar-refractivity contribution in [1.82, 2.24) is 9.97 Å². The number of nitrogens with one attached hydrogen (secondary N) is 2. The highest BCUT2D eigenvalue weighted by Crippen LogP contribution is 2.31. The third kappa shape index (κ3) is 4.07. The molecule has 9 nitrogen and oxygen atoms in total. The molecule has 0 bridgehead atoms. The van der Waals surface area contributed by atoms with Crippen molar-refractivity contribution >= 4 is 29.0 Å². The summed E-state index contributed by atoms with van der Waals surface area (Å²) in [5.74, 6) is 0.0263. The Morgan fingerprint density at radius 3 is 2.67 bits per heavy atom. The Morgan fingerprint density at radius 1 is 1.29 bits per heavy atom. The molecule has 1 heterocycles. The number of hydrogen-bond donors (Lipinski definition) is 3. The van der Waals surface area contributed by atoms with E-state index in [1.54, 1.807) is 7.11 Å². The van der Waals surface area contributed by atoms with E-state index in [1.165, 1.54) is 0 Å². The van der Waals surface area contributed by atoms with Gasteiger partial charge in [0.15, 0.2) is 0 Å². The van der Waals surface area contributed by atoms with Crippen LogP contribution >= 0.6 is 0 Å². The number of benzene rings is 1. The van der Waals surface area contributed by atoms with E-state index in [0.717, 1.165) is 11.1 Å². The van der Waals surface area contributed by atoms with Crippen molar-refractivity contribution in [1.29, 1.82) is 0 Å². The average molecular weight is 332 g/mol. The molecule has 0 amide bonds. The van der Waals surface area contributed by atoms with Crippen LogP contribution in [0.5, 0.6) is 0 Å². The van der Waals surface area contributed by atoms with Crippen LogP contribution in [-0.2, 0) is 4.74 Å². The van der Waals surface area contributed by atoms with Gasteiger partial charge in [0.1, 0.15) is 0 Å². The fraction of sp³-hybridized carbons (Fsp3) is 0.333. The lowest BCUT2D eigenvalue weighted by Gasteiger charge is -2.11. The van der Waals surface area contributed by atoms with Gasteiger partial charge >= 0.3 is 5.69 Å². The van der Waals surface area contributed by atoms with Crippen LogP contribution in [0.3, 0.4) is 0 Å². The summed E-state index contributed by atoms with van der Waals surface area (Å²) in [6, 6.07) is 5.63. The first-order chi connectivity index (χ1) is 11.4. The van der Waals surface area contributed by atoms with Gasteiger partial charge in [-0.3, -0.25) is 10.1 Å². The van der Waals surface area contributed by atoms with Gasteiger partial charge in [-0.1, -0.05) is 6.07 Å². The second-order valence-electron chi connectivity index (χ2n) is 5.23. The highest BCUT2D eigenvalue weighted by Gasteiger charge is 2.23. The summed E-state index contributed by atoms with van der Waals surface area (Å²) < 4.78 is 4.93. The van der Waals surface area contributed by atoms with E-state index in [-0.39, 0.29) is 23.3 Å². The molecule has 0 saturated carbocycles. The third-order valence-electron chi connectivity index (χ3n) is 3.45. The fourth-order valence-electron chi connectivity index (χ4n) is 2.04. The molecular weight excluding hydrogens is 312 g/mol. The molecule has 9 heteroatoms. The number of nitrogens with two attached hydrogens (primary N) is 1. The molecule has 0 atom stereocenters. The fourth-order valence-corrected chi connectivity index (χ4v) is 2.04. The molecule has 0 aliphatic carbocycles. The Balaban J connectivity index is 2.36. The van der Waals surface area contributed by atoms with Crippen molar-refractivity contribution in [2.75, 3.05) is 36.6 Å². The van der Waals surface area contributed by atoms with Crippen molar-refractivity contribution in [3.05, 3.63) is 39.4 Å². The van der Waals surface area contributed by atoms with E-state index in [9.17, 15) is 10.1 Å². The van der Waals surface area contributed by atoms with Crippen molar-refractivity contribution < 1.29 is 9.66 Å². The van der Waals surface area contributed by atoms with Gasteiger partial charge < -0.3 is 21.1 Å². The Bertz CT molecular complexity index is 750. The topological polar surface area (TPSA) is 128 Å². The predicted molar refractivity (Wildman–Crippen MR) is 92.7 cm³/mol. The molecule has 1 aromatic carbocycles. The molecule has 1 aromatic heterocycles. The highest BCUT2D eigenvalue weighted by atomic mass is 16.6. The van der Waals surface area contributed by atoms with E-state index in [2.05, 4.69) is 20.6 Å². The molecule has 0 fully saturated rings. The van der Waals surface area contributed by atoms with E-state index in [0.29, 0.717) is 18.8 Å². The molecular formula is C15H20N6O3. The molecule has 128 valence electrons. The van der Waals surface area contributed by atoms with Crippen molar-refractivity contribution in [3.8, 4) is 0 Å². The van der Waals surface area contributed by atoms with Crippen LogP contribution in [0.1, 0.15) is 11.1 Å². The summed E-state index contributed by atoms with van der Waals surface area (Å²) in [5.41, 5.74) is 8.24. The van der Waals surface area contributed by atoms with Gasteiger partial charge in [0.25, 0.3) is 0 Å². The number of aromatic nitrogens is 2. The lowest BCUT2D eigenvalue weighted by molar-refractivity contribution is -0.383. The first kappa shape index (κ1) is 17.4. The summed E-state index contributed by atoms with van der Waals surface area (Å²) in [4.78, 5) is 18.8. The normalized spacial score (nSPS) is 10.5. The number of nitro groups is 1. The SMILES string of the molecule is COCCNc1nc(N)c([N+](=O)[O-])c(Nc2ccc(C)c(C)c2)n1. The number of nitrogens with zero attached hydrogens (tertiary/aromatic N) is 3. The molecule has 4 N–H and O–H groups in total. The molecule has 2 aromatic rings. The summed E-state index contributed by atoms with van der Waals surface area (Å²) >= 11 is 0. The Hall–Kier alpha value is -2.94. The van der Waals surface area contributed by atoms with Crippen LogP contribution in [0.4, 0.5) is 29.0 Å². The van der Waals surface area contributed by atoms with E-state index in [4.69, 9.17) is 10.5 Å². The van der Waals surface area contributed by atoms with Crippen LogP contribution < -0.4 is 16.4 Å². The van der Waals surface area contributed by atoms with Gasteiger partial charge in [0.2, 0.25) is 17.6 Å². The van der Waals surface area contributed by atoms with Crippen LogP contribution in [0.15, 0.2) is 18.2 Å². The quantitative estimate of drug-likeness (QED) is 0.400. The van der Waals surface area contributed by atoms with Crippen LogP contribution in [0, 0.1) is 24.0 Å². The van der Waals surface area contributed by atoms with Gasteiger partial charge in [0, 0.05) is 19.3 Å². The summed E-state index contributed by atoms with van der Waals surface area (Å²) in [6.45, 7) is 4.85. The zero-order valence-electron chi connectivity index (χ0n) is 13.8. The standard InChI is InChI=1S/C15H20N6O3/c1-9-4-5-11(8-10(9)2)18-14-12(21(22)23)13(16)19-15(20-14)17-6-7-24-3/h4-5,8H,6-7H2,1-3H3,(H4,16,17,18,19,20). The Morgan fingerprint density at radius 2 is 2.04 bits per heavy atom. The van der Waals surface area contributed by atoms with Gasteiger partial charge in [-0.2, -0.15) is 9.97 Å². The molecule has 0 aliphatic rings. The number of hydrogen-bond acceptors (Lipinski definition) is 8. The lowest BCUT2D eigenvalue weighted by atomic mass is 10.1. The minimum absolute atomic E-state index is 0.0377. The first-order valence-electron chi connectivity index (χ1n) is 7.31. The molecule has 2 rings (SSSR count). The van der Waals surface area contributed by atoms with Gasteiger partial charge in [-0.25, -0.2) is 0 Å². The number of aryl methyl sites for hydroxylation is 2. The smallest absolute Gasteiger partial charge is 0.353 e. The molecule has 0 aliphatic heterocycles. The van der Waals surface area contributed by atoms with Crippen LogP contribution in [0.25, 0.3) is 0 Å². The first-order valence-corrected chi connectivity index (χ1v) is 7.31. The predicted octanol–water partition coefficient (Wildman–Crippen LogP) is 2.39. The summed E-state index contributed by atoms with van der Waals surface area (Å²) in [6.07, 6.45) is 0. The maximum atomic E-state index is 11.3. The van der Waals surface area contributed by atoms with E-state index >= 15 is 0 Å². The number of rotatable bonds is 7. The maximum Gasteiger partial charge on any atom is 0.353 e. The van der Waals surface area contributed by atoms with Gasteiger partial charge in [0.05, 0.1) is 11.5 Å². The van der Waals surface area contributed by atoms with Gasteiger partial charge in [-0.05, 0) is 37.1 Å². The van der Waals surface area contributed by atoms with Crippen molar-refractivity contribution in [2.45, 2.75) is 13.8 Å². The second-order valence-corrected chi connectivity index (χ2v) is 5.23. The minimum Gasteiger partial charge on any atom is -0.383 e. The maximum absolute atomic E-state index is 11.3. The number of methoxy groups -OCH3 is 1. The van der Waals surface area contributed by atoms with Crippen LogP contribution in [0.2, 0.25) is 0 Å². The summed E-state index contributed by atoms with van der Waals surface area (Å²) in [5, 5.41) is 17.1. The highest BCUT2D eigenvalue weighted by molar-refractivity contribution is 5.74. The number of nitrogen functional groups attached to an aromatic ring is 1. The molecule has 0 spiro atoms. The van der Waals surface area contributed by atoms with E-state index in [1.807, 2.05) is 32.0 Å². The average Bonchev–Trinajstić information content (AvgIpc) is 2.50. The summed E-state index contributed by atoms with van der Waals surface area (Å²) in [7, 11) is 1.57. The number of ether oxygens (including phenoxy) is 1. The monoisotopic (exact) mass is 332 g/mol.